The molecule has 6 nitrogen and oxygen atoms in total. The summed E-state index contributed by atoms with van der Waals surface area (Å²) in [5, 5.41) is 9.13. The molecule has 2 aliphatic carbocycles. The molecular formula is C16H21N3O3S. The lowest BCUT2D eigenvalue weighted by atomic mass is 9.51. The number of nitrogens with zero attached hydrogens (tertiary/aromatic N) is 3. The molecule has 1 spiro atoms. The van der Waals surface area contributed by atoms with Crippen LogP contribution in [-0.2, 0) is 14.8 Å². The first-order valence-corrected chi connectivity index (χ1v) is 9.36. The average Bonchev–Trinajstić information content (AvgIpc) is 2.48. The van der Waals surface area contributed by atoms with E-state index in [4.69, 9.17) is 10.00 Å². The SMILES string of the molecule is CCOC1CC(N(C)S(=O)(=O)c2cccnc2C#N)C12CCC2. The van der Waals surface area contributed by atoms with Gasteiger partial charge in [0.05, 0.1) is 6.10 Å². The van der Waals surface area contributed by atoms with Crippen LogP contribution >= 0.6 is 0 Å². The summed E-state index contributed by atoms with van der Waals surface area (Å²) in [6.45, 7) is 2.62. The molecule has 0 radical (unpaired) electrons. The van der Waals surface area contributed by atoms with Crippen molar-refractivity contribution >= 4 is 10.0 Å². The fourth-order valence-electron chi connectivity index (χ4n) is 3.92. The predicted molar refractivity (Wildman–Crippen MR) is 84.0 cm³/mol. The Bertz CT molecular complexity index is 737. The molecule has 2 aliphatic rings. The highest BCUT2D eigenvalue weighted by molar-refractivity contribution is 7.89. The van der Waals surface area contributed by atoms with Crippen molar-refractivity contribution in [2.45, 2.75) is 49.6 Å². The highest BCUT2D eigenvalue weighted by Crippen LogP contribution is 2.59. The zero-order chi connectivity index (χ0) is 16.7. The molecule has 0 saturated heterocycles. The maximum atomic E-state index is 12.9. The third kappa shape index (κ3) is 2.36. The molecule has 124 valence electrons. The van der Waals surface area contributed by atoms with Gasteiger partial charge in [0.25, 0.3) is 0 Å². The molecule has 1 aromatic heterocycles. The van der Waals surface area contributed by atoms with Crippen LogP contribution in [-0.4, -0.2) is 43.5 Å². The maximum absolute atomic E-state index is 12.9. The van der Waals surface area contributed by atoms with Crippen LogP contribution in [0.4, 0.5) is 0 Å². The van der Waals surface area contributed by atoms with Crippen molar-refractivity contribution in [2.24, 2.45) is 5.41 Å². The first kappa shape index (κ1) is 16.4. The molecule has 2 unspecified atom stereocenters. The smallest absolute Gasteiger partial charge is 0.245 e. The summed E-state index contributed by atoms with van der Waals surface area (Å²) >= 11 is 0. The Hall–Kier alpha value is -1.49. The van der Waals surface area contributed by atoms with Crippen molar-refractivity contribution in [2.75, 3.05) is 13.7 Å². The quantitative estimate of drug-likeness (QED) is 0.821. The molecule has 7 heteroatoms. The van der Waals surface area contributed by atoms with E-state index < -0.39 is 10.0 Å². The van der Waals surface area contributed by atoms with E-state index in [1.165, 1.54) is 16.6 Å². The van der Waals surface area contributed by atoms with Gasteiger partial charge in [-0.25, -0.2) is 13.4 Å². The minimum Gasteiger partial charge on any atom is -0.378 e. The zero-order valence-electron chi connectivity index (χ0n) is 13.4. The van der Waals surface area contributed by atoms with Gasteiger partial charge in [-0.15, -0.1) is 0 Å². The van der Waals surface area contributed by atoms with Crippen LogP contribution in [0.1, 0.15) is 38.3 Å². The maximum Gasteiger partial charge on any atom is 0.245 e. The summed E-state index contributed by atoms with van der Waals surface area (Å²) < 4.78 is 33.1. The normalized spacial score (nSPS) is 25.7. The van der Waals surface area contributed by atoms with E-state index in [1.807, 2.05) is 13.0 Å². The lowest BCUT2D eigenvalue weighted by Crippen LogP contribution is -2.67. The second kappa shape index (κ2) is 5.86. The Kier molecular flexibility index (Phi) is 4.17. The Labute approximate surface area is 137 Å². The van der Waals surface area contributed by atoms with Gasteiger partial charge in [-0.2, -0.15) is 9.57 Å². The van der Waals surface area contributed by atoms with Crippen LogP contribution in [0.25, 0.3) is 0 Å². The Morgan fingerprint density at radius 3 is 2.83 bits per heavy atom. The molecule has 2 atom stereocenters. The van der Waals surface area contributed by atoms with Crippen LogP contribution in [0.15, 0.2) is 23.2 Å². The second-order valence-corrected chi connectivity index (χ2v) is 8.23. The lowest BCUT2D eigenvalue weighted by Gasteiger charge is -2.62. The van der Waals surface area contributed by atoms with Crippen molar-refractivity contribution in [3.63, 3.8) is 0 Å². The minimum atomic E-state index is -3.73. The Morgan fingerprint density at radius 1 is 1.52 bits per heavy atom. The summed E-state index contributed by atoms with van der Waals surface area (Å²) in [4.78, 5) is 3.86. The molecule has 0 aliphatic heterocycles. The number of hydrogen-bond donors (Lipinski definition) is 0. The number of sulfonamides is 1. The van der Waals surface area contributed by atoms with Crippen LogP contribution < -0.4 is 0 Å². The first-order chi connectivity index (χ1) is 11.0. The van der Waals surface area contributed by atoms with E-state index in [1.54, 1.807) is 13.1 Å². The van der Waals surface area contributed by atoms with E-state index in [9.17, 15) is 8.42 Å². The Balaban J connectivity index is 1.89. The minimum absolute atomic E-state index is 0.0145. The van der Waals surface area contributed by atoms with Crippen LogP contribution in [0.3, 0.4) is 0 Å². The molecule has 0 amide bonds. The topological polar surface area (TPSA) is 83.3 Å². The predicted octanol–water partition coefficient (Wildman–Crippen LogP) is 1.92. The number of nitriles is 1. The van der Waals surface area contributed by atoms with Gasteiger partial charge in [-0.3, -0.25) is 0 Å². The molecule has 0 aromatic carbocycles. The summed E-state index contributed by atoms with van der Waals surface area (Å²) in [5.41, 5.74) is -0.102. The fraction of sp³-hybridized carbons (Fsp3) is 0.625. The molecule has 1 heterocycles. The largest absolute Gasteiger partial charge is 0.378 e. The van der Waals surface area contributed by atoms with E-state index >= 15 is 0 Å². The van der Waals surface area contributed by atoms with Crippen molar-refractivity contribution in [1.29, 1.82) is 5.26 Å². The summed E-state index contributed by atoms with van der Waals surface area (Å²) in [6.07, 6.45) is 5.41. The molecule has 0 bridgehead atoms. The van der Waals surface area contributed by atoms with Crippen LogP contribution in [0.2, 0.25) is 0 Å². The van der Waals surface area contributed by atoms with Crippen molar-refractivity contribution in [3.8, 4) is 6.07 Å². The molecule has 2 saturated carbocycles. The van der Waals surface area contributed by atoms with Gasteiger partial charge in [0.15, 0.2) is 5.69 Å². The van der Waals surface area contributed by atoms with Gasteiger partial charge < -0.3 is 4.74 Å². The number of hydrogen-bond acceptors (Lipinski definition) is 5. The van der Waals surface area contributed by atoms with Crippen molar-refractivity contribution in [1.82, 2.24) is 9.29 Å². The van der Waals surface area contributed by atoms with Gasteiger partial charge in [0.1, 0.15) is 11.0 Å². The highest BCUT2D eigenvalue weighted by Gasteiger charge is 2.61. The Morgan fingerprint density at radius 2 is 2.26 bits per heavy atom. The van der Waals surface area contributed by atoms with E-state index in [2.05, 4.69) is 4.98 Å². The number of rotatable bonds is 5. The summed E-state index contributed by atoms with van der Waals surface area (Å²) in [6, 6.07) is 4.80. The van der Waals surface area contributed by atoms with Crippen LogP contribution in [0.5, 0.6) is 0 Å². The standard InChI is InChI=1S/C16H21N3O3S/c1-3-22-15-10-14(16(15)7-5-8-16)19(2)23(20,21)13-6-4-9-18-12(13)11-17/h4,6,9,14-15H,3,5,7-8,10H2,1-2H3. The van der Waals surface area contributed by atoms with Crippen molar-refractivity contribution < 1.29 is 13.2 Å². The van der Waals surface area contributed by atoms with E-state index in [0.717, 1.165) is 19.3 Å². The zero-order valence-corrected chi connectivity index (χ0v) is 14.2. The number of ether oxygens (including phenoxy) is 1. The van der Waals surface area contributed by atoms with Crippen molar-refractivity contribution in [3.05, 3.63) is 24.0 Å². The fourth-order valence-corrected chi connectivity index (χ4v) is 5.45. The second-order valence-electron chi connectivity index (χ2n) is 6.27. The van der Waals surface area contributed by atoms with Gasteiger partial charge in [-0.1, -0.05) is 6.42 Å². The molecule has 3 rings (SSSR count). The van der Waals surface area contributed by atoms with Gasteiger partial charge in [0.2, 0.25) is 10.0 Å². The molecule has 2 fully saturated rings. The lowest BCUT2D eigenvalue weighted by molar-refractivity contribution is -0.187. The van der Waals surface area contributed by atoms with E-state index in [-0.39, 0.29) is 28.2 Å². The van der Waals surface area contributed by atoms with Crippen LogP contribution in [0, 0.1) is 16.7 Å². The summed E-state index contributed by atoms with van der Waals surface area (Å²) in [7, 11) is -2.13. The monoisotopic (exact) mass is 335 g/mol. The first-order valence-electron chi connectivity index (χ1n) is 7.92. The third-order valence-corrected chi connectivity index (χ3v) is 7.27. The van der Waals surface area contributed by atoms with E-state index in [0.29, 0.717) is 13.0 Å². The van der Waals surface area contributed by atoms with Gasteiger partial charge >= 0.3 is 0 Å². The third-order valence-electron chi connectivity index (χ3n) is 5.37. The molecular weight excluding hydrogens is 314 g/mol. The van der Waals surface area contributed by atoms with Gasteiger partial charge in [0, 0.05) is 31.3 Å². The molecule has 1 aromatic rings. The summed E-state index contributed by atoms with van der Waals surface area (Å²) in [5.74, 6) is 0. The molecule has 23 heavy (non-hydrogen) atoms. The average molecular weight is 335 g/mol. The highest BCUT2D eigenvalue weighted by atomic mass is 32.2. The number of aromatic nitrogens is 1. The molecule has 0 N–H and O–H groups in total. The van der Waals surface area contributed by atoms with Gasteiger partial charge in [-0.05, 0) is 38.3 Å². The number of pyridine rings is 1.